The molecule has 1 aromatic rings. The first-order chi connectivity index (χ1) is 6.87. The lowest BCUT2D eigenvalue weighted by Crippen LogP contribution is -2.45. The SMILES string of the molecule is OC[C@@]1(c2ccccc2)CCCNC1. The van der Waals surface area contributed by atoms with Gasteiger partial charge in [0.1, 0.15) is 0 Å². The summed E-state index contributed by atoms with van der Waals surface area (Å²) in [5.74, 6) is 0. The molecule has 1 aromatic carbocycles. The number of benzene rings is 1. The van der Waals surface area contributed by atoms with E-state index in [0.29, 0.717) is 0 Å². The van der Waals surface area contributed by atoms with Gasteiger partial charge in [0, 0.05) is 12.0 Å². The lowest BCUT2D eigenvalue weighted by Gasteiger charge is -2.36. The Balaban J connectivity index is 2.27. The van der Waals surface area contributed by atoms with E-state index >= 15 is 0 Å². The molecule has 0 radical (unpaired) electrons. The molecule has 0 unspecified atom stereocenters. The predicted molar refractivity (Wildman–Crippen MR) is 57.3 cm³/mol. The number of aliphatic hydroxyl groups is 1. The van der Waals surface area contributed by atoms with E-state index in [2.05, 4.69) is 17.4 Å². The molecule has 2 nitrogen and oxygen atoms in total. The van der Waals surface area contributed by atoms with Gasteiger partial charge >= 0.3 is 0 Å². The Morgan fingerprint density at radius 1 is 1.29 bits per heavy atom. The molecule has 0 aromatic heterocycles. The van der Waals surface area contributed by atoms with E-state index in [0.717, 1.165) is 25.9 Å². The van der Waals surface area contributed by atoms with Crippen LogP contribution in [-0.4, -0.2) is 24.8 Å². The normalized spacial score (nSPS) is 27.5. The van der Waals surface area contributed by atoms with Gasteiger partial charge in [0.15, 0.2) is 0 Å². The zero-order valence-corrected chi connectivity index (χ0v) is 8.37. The topological polar surface area (TPSA) is 32.3 Å². The van der Waals surface area contributed by atoms with Gasteiger partial charge in [0.05, 0.1) is 6.61 Å². The number of nitrogens with one attached hydrogen (secondary N) is 1. The van der Waals surface area contributed by atoms with E-state index < -0.39 is 0 Å². The van der Waals surface area contributed by atoms with E-state index in [4.69, 9.17) is 0 Å². The summed E-state index contributed by atoms with van der Waals surface area (Å²) in [5.41, 5.74) is 1.22. The molecule has 14 heavy (non-hydrogen) atoms. The van der Waals surface area contributed by atoms with E-state index in [-0.39, 0.29) is 12.0 Å². The van der Waals surface area contributed by atoms with Crippen LogP contribution < -0.4 is 5.32 Å². The lowest BCUT2D eigenvalue weighted by atomic mass is 9.75. The van der Waals surface area contributed by atoms with E-state index in [1.807, 2.05) is 18.2 Å². The molecule has 2 heteroatoms. The molecular weight excluding hydrogens is 174 g/mol. The summed E-state index contributed by atoms with van der Waals surface area (Å²) >= 11 is 0. The quantitative estimate of drug-likeness (QED) is 0.738. The van der Waals surface area contributed by atoms with Crippen molar-refractivity contribution in [1.82, 2.24) is 5.32 Å². The molecule has 1 aliphatic heterocycles. The van der Waals surface area contributed by atoms with Gasteiger partial charge in [-0.1, -0.05) is 30.3 Å². The molecule has 1 heterocycles. The molecule has 2 rings (SSSR count). The molecule has 1 aliphatic rings. The molecule has 0 amide bonds. The largest absolute Gasteiger partial charge is 0.395 e. The van der Waals surface area contributed by atoms with Gasteiger partial charge in [0.2, 0.25) is 0 Å². The first-order valence-electron chi connectivity index (χ1n) is 5.24. The van der Waals surface area contributed by atoms with Crippen molar-refractivity contribution in [1.29, 1.82) is 0 Å². The van der Waals surface area contributed by atoms with Crippen molar-refractivity contribution in [2.24, 2.45) is 0 Å². The fraction of sp³-hybridized carbons (Fsp3) is 0.500. The maximum Gasteiger partial charge on any atom is 0.0540 e. The Bertz CT molecular complexity index is 278. The molecule has 1 atom stereocenters. The maximum atomic E-state index is 9.55. The molecule has 1 saturated heterocycles. The summed E-state index contributed by atoms with van der Waals surface area (Å²) in [7, 11) is 0. The summed E-state index contributed by atoms with van der Waals surface area (Å²) in [4.78, 5) is 0. The average molecular weight is 191 g/mol. The number of hydrogen-bond donors (Lipinski definition) is 2. The van der Waals surface area contributed by atoms with Crippen LogP contribution in [-0.2, 0) is 5.41 Å². The van der Waals surface area contributed by atoms with Crippen LogP contribution in [0.2, 0.25) is 0 Å². The van der Waals surface area contributed by atoms with Gasteiger partial charge in [0.25, 0.3) is 0 Å². The first kappa shape index (κ1) is 9.69. The standard InChI is InChI=1S/C12H17NO/c14-10-12(7-4-8-13-9-12)11-5-2-1-3-6-11/h1-3,5-6,13-14H,4,7-10H2/t12-/m1/s1. The third-order valence-electron chi connectivity index (χ3n) is 3.16. The van der Waals surface area contributed by atoms with E-state index in [1.165, 1.54) is 5.56 Å². The Hall–Kier alpha value is -0.860. The Morgan fingerprint density at radius 3 is 2.64 bits per heavy atom. The van der Waals surface area contributed by atoms with Crippen LogP contribution in [0, 0.1) is 0 Å². The summed E-state index contributed by atoms with van der Waals surface area (Å²) in [6.07, 6.45) is 2.23. The second-order valence-electron chi connectivity index (χ2n) is 4.08. The van der Waals surface area contributed by atoms with Gasteiger partial charge in [-0.3, -0.25) is 0 Å². The third-order valence-corrected chi connectivity index (χ3v) is 3.16. The summed E-state index contributed by atoms with van der Waals surface area (Å²) in [5, 5.41) is 12.9. The summed E-state index contributed by atoms with van der Waals surface area (Å²) in [6.45, 7) is 2.21. The lowest BCUT2D eigenvalue weighted by molar-refractivity contribution is 0.162. The van der Waals surface area contributed by atoms with Crippen molar-refractivity contribution in [2.45, 2.75) is 18.3 Å². The second kappa shape index (κ2) is 4.11. The zero-order chi connectivity index (χ0) is 9.86. The highest BCUT2D eigenvalue weighted by Crippen LogP contribution is 2.30. The van der Waals surface area contributed by atoms with E-state index in [9.17, 15) is 5.11 Å². The highest BCUT2D eigenvalue weighted by atomic mass is 16.3. The minimum Gasteiger partial charge on any atom is -0.395 e. The number of piperidine rings is 1. The second-order valence-corrected chi connectivity index (χ2v) is 4.08. The van der Waals surface area contributed by atoms with Crippen molar-refractivity contribution in [3.63, 3.8) is 0 Å². The molecule has 0 spiro atoms. The van der Waals surface area contributed by atoms with Crippen LogP contribution in [0.5, 0.6) is 0 Å². The molecular formula is C12H17NO. The smallest absolute Gasteiger partial charge is 0.0540 e. The first-order valence-corrected chi connectivity index (χ1v) is 5.24. The minimum atomic E-state index is -0.0422. The van der Waals surface area contributed by atoms with Gasteiger partial charge in [-0.2, -0.15) is 0 Å². The van der Waals surface area contributed by atoms with E-state index in [1.54, 1.807) is 0 Å². The molecule has 2 N–H and O–H groups in total. The van der Waals surface area contributed by atoms with Crippen LogP contribution in [0.4, 0.5) is 0 Å². The highest BCUT2D eigenvalue weighted by molar-refractivity contribution is 5.26. The van der Waals surface area contributed by atoms with Crippen molar-refractivity contribution in [3.8, 4) is 0 Å². The molecule has 0 aliphatic carbocycles. The predicted octanol–water partition coefficient (Wildman–Crippen LogP) is 1.30. The average Bonchev–Trinajstić information content (AvgIpc) is 2.31. The maximum absolute atomic E-state index is 9.55. The van der Waals surface area contributed by atoms with Crippen molar-refractivity contribution in [3.05, 3.63) is 35.9 Å². The van der Waals surface area contributed by atoms with Crippen LogP contribution in [0.15, 0.2) is 30.3 Å². The Labute approximate surface area is 85.0 Å². The minimum absolute atomic E-state index is 0.0422. The zero-order valence-electron chi connectivity index (χ0n) is 8.37. The Morgan fingerprint density at radius 2 is 2.07 bits per heavy atom. The number of rotatable bonds is 2. The van der Waals surface area contributed by atoms with Crippen LogP contribution >= 0.6 is 0 Å². The van der Waals surface area contributed by atoms with Crippen molar-refractivity contribution < 1.29 is 5.11 Å². The summed E-state index contributed by atoms with van der Waals surface area (Å²) in [6, 6.07) is 10.3. The van der Waals surface area contributed by atoms with Crippen LogP contribution in [0.1, 0.15) is 18.4 Å². The Kier molecular flexibility index (Phi) is 2.85. The fourth-order valence-corrected chi connectivity index (χ4v) is 2.23. The van der Waals surface area contributed by atoms with Crippen LogP contribution in [0.25, 0.3) is 0 Å². The fourth-order valence-electron chi connectivity index (χ4n) is 2.23. The van der Waals surface area contributed by atoms with Gasteiger partial charge in [-0.15, -0.1) is 0 Å². The van der Waals surface area contributed by atoms with Gasteiger partial charge in [-0.25, -0.2) is 0 Å². The van der Waals surface area contributed by atoms with Gasteiger partial charge in [-0.05, 0) is 24.9 Å². The molecule has 76 valence electrons. The summed E-state index contributed by atoms with van der Waals surface area (Å²) < 4.78 is 0. The number of aliphatic hydroxyl groups excluding tert-OH is 1. The number of hydrogen-bond acceptors (Lipinski definition) is 2. The van der Waals surface area contributed by atoms with Crippen molar-refractivity contribution in [2.75, 3.05) is 19.7 Å². The van der Waals surface area contributed by atoms with Crippen LogP contribution in [0.3, 0.4) is 0 Å². The molecule has 0 bridgehead atoms. The monoisotopic (exact) mass is 191 g/mol. The third kappa shape index (κ3) is 1.68. The molecule has 1 fully saturated rings. The van der Waals surface area contributed by atoms with Crippen molar-refractivity contribution >= 4 is 0 Å². The highest BCUT2D eigenvalue weighted by Gasteiger charge is 2.32. The molecule has 0 saturated carbocycles. The van der Waals surface area contributed by atoms with Gasteiger partial charge < -0.3 is 10.4 Å².